The molecule has 8 nitrogen and oxygen atoms in total. The average molecular weight is 354 g/mol. The number of carbonyl (C=O) groups excluding carboxylic acids is 1. The molecule has 0 saturated carbocycles. The number of benzene rings is 1. The number of rotatable bonds is 11. The first-order chi connectivity index (χ1) is 12.0. The third kappa shape index (κ3) is 6.41. The minimum atomic E-state index is -0.551. The second-order valence-corrected chi connectivity index (χ2v) is 5.46. The summed E-state index contributed by atoms with van der Waals surface area (Å²) in [6.07, 6.45) is -0.930. The number of likely N-dealkylation sites (N-methyl/N-ethyl adjacent to an activating group) is 1. The average Bonchev–Trinajstić information content (AvgIpc) is 2.63. The fraction of sp³-hybridized carbons (Fsp3) is 0.588. The van der Waals surface area contributed by atoms with Crippen molar-refractivity contribution in [1.29, 1.82) is 0 Å². The first kappa shape index (κ1) is 21.0. The van der Waals surface area contributed by atoms with Crippen LogP contribution in [0.1, 0.15) is 24.2 Å². The Bertz CT molecular complexity index is 545. The summed E-state index contributed by atoms with van der Waals surface area (Å²) in [5.41, 5.74) is 0.174. The predicted octanol–water partition coefficient (Wildman–Crippen LogP) is 2.12. The standard InChI is InChI=1S/C17H26N2O6/c1-5-18(6-2)11-15(16(24-4)12-23-3)25-17(20)13-7-9-14(10-8-13)19(21)22/h7-10,15-16H,5-6,11-12H2,1-4H3/t15-,16-/m1/s1. The number of nitro benzene ring substituents is 1. The van der Waals surface area contributed by atoms with Crippen molar-refractivity contribution in [2.45, 2.75) is 26.1 Å². The molecule has 0 unspecified atom stereocenters. The van der Waals surface area contributed by atoms with Gasteiger partial charge in [0.1, 0.15) is 12.2 Å². The Hall–Kier alpha value is -2.03. The largest absolute Gasteiger partial charge is 0.455 e. The fourth-order valence-electron chi connectivity index (χ4n) is 2.38. The van der Waals surface area contributed by atoms with Crippen molar-refractivity contribution in [3.05, 3.63) is 39.9 Å². The van der Waals surface area contributed by atoms with Gasteiger partial charge in [-0.25, -0.2) is 4.79 Å². The van der Waals surface area contributed by atoms with E-state index >= 15 is 0 Å². The Balaban J connectivity index is 2.90. The van der Waals surface area contributed by atoms with Crippen LogP contribution in [0, 0.1) is 10.1 Å². The molecule has 0 bridgehead atoms. The summed E-state index contributed by atoms with van der Waals surface area (Å²) in [6, 6.07) is 5.32. The zero-order valence-corrected chi connectivity index (χ0v) is 15.1. The third-order valence-corrected chi connectivity index (χ3v) is 3.95. The molecule has 0 aromatic heterocycles. The molecular formula is C17H26N2O6. The van der Waals surface area contributed by atoms with Gasteiger partial charge < -0.3 is 19.1 Å². The van der Waals surface area contributed by atoms with Crippen LogP contribution in [0.5, 0.6) is 0 Å². The van der Waals surface area contributed by atoms with Crippen molar-refractivity contribution >= 4 is 11.7 Å². The zero-order chi connectivity index (χ0) is 18.8. The molecule has 140 valence electrons. The number of nitro groups is 1. The highest BCUT2D eigenvalue weighted by Crippen LogP contribution is 2.15. The van der Waals surface area contributed by atoms with Gasteiger partial charge in [-0.2, -0.15) is 0 Å². The number of carbonyl (C=O) groups is 1. The number of methoxy groups -OCH3 is 2. The molecule has 0 spiro atoms. The number of nitrogens with zero attached hydrogens (tertiary/aromatic N) is 2. The van der Waals surface area contributed by atoms with Gasteiger partial charge in [-0.3, -0.25) is 10.1 Å². The lowest BCUT2D eigenvalue weighted by Gasteiger charge is -2.30. The third-order valence-electron chi connectivity index (χ3n) is 3.95. The SMILES string of the molecule is CCN(CC)C[C@@H](OC(=O)c1ccc([N+](=O)[O-])cc1)[C@@H](COC)OC. The van der Waals surface area contributed by atoms with E-state index in [1.165, 1.54) is 24.3 Å². The minimum absolute atomic E-state index is 0.0783. The second kappa shape index (κ2) is 10.8. The maximum atomic E-state index is 12.4. The second-order valence-electron chi connectivity index (χ2n) is 5.46. The predicted molar refractivity (Wildman–Crippen MR) is 92.8 cm³/mol. The fourth-order valence-corrected chi connectivity index (χ4v) is 2.38. The molecular weight excluding hydrogens is 328 g/mol. The van der Waals surface area contributed by atoms with Crippen molar-refractivity contribution in [3.8, 4) is 0 Å². The minimum Gasteiger partial charge on any atom is -0.455 e. The maximum Gasteiger partial charge on any atom is 0.338 e. The van der Waals surface area contributed by atoms with Crippen molar-refractivity contribution in [1.82, 2.24) is 4.90 Å². The molecule has 1 aromatic carbocycles. The van der Waals surface area contributed by atoms with Crippen molar-refractivity contribution in [2.75, 3.05) is 40.5 Å². The molecule has 1 aromatic rings. The van der Waals surface area contributed by atoms with Crippen molar-refractivity contribution in [2.24, 2.45) is 0 Å². The lowest BCUT2D eigenvalue weighted by atomic mass is 10.1. The lowest BCUT2D eigenvalue weighted by molar-refractivity contribution is -0.384. The summed E-state index contributed by atoms with van der Waals surface area (Å²) in [7, 11) is 3.09. The summed E-state index contributed by atoms with van der Waals surface area (Å²) < 4.78 is 16.2. The smallest absolute Gasteiger partial charge is 0.338 e. The summed E-state index contributed by atoms with van der Waals surface area (Å²) in [5, 5.41) is 10.7. The first-order valence-corrected chi connectivity index (χ1v) is 8.16. The summed E-state index contributed by atoms with van der Waals surface area (Å²) >= 11 is 0. The first-order valence-electron chi connectivity index (χ1n) is 8.16. The van der Waals surface area contributed by atoms with Gasteiger partial charge in [-0.05, 0) is 25.2 Å². The normalized spacial score (nSPS) is 13.5. The molecule has 0 heterocycles. The number of ether oxygens (including phenoxy) is 3. The van der Waals surface area contributed by atoms with Crippen LogP contribution in [-0.2, 0) is 14.2 Å². The molecule has 1 rings (SSSR count). The Morgan fingerprint density at radius 3 is 2.20 bits per heavy atom. The van der Waals surface area contributed by atoms with Gasteiger partial charge in [0.15, 0.2) is 0 Å². The number of non-ortho nitro benzene ring substituents is 1. The van der Waals surface area contributed by atoms with E-state index < -0.39 is 23.1 Å². The number of hydrogen-bond donors (Lipinski definition) is 0. The van der Waals surface area contributed by atoms with E-state index in [0.29, 0.717) is 6.54 Å². The van der Waals surface area contributed by atoms with Gasteiger partial charge in [0.2, 0.25) is 0 Å². The zero-order valence-electron chi connectivity index (χ0n) is 15.1. The Kier molecular flexibility index (Phi) is 9.04. The Morgan fingerprint density at radius 2 is 1.76 bits per heavy atom. The van der Waals surface area contributed by atoms with Crippen LogP contribution in [-0.4, -0.2) is 68.5 Å². The molecule has 25 heavy (non-hydrogen) atoms. The summed E-state index contributed by atoms with van der Waals surface area (Å²) in [5.74, 6) is -0.551. The molecule has 0 saturated heterocycles. The molecule has 0 aliphatic carbocycles. The molecule has 0 radical (unpaired) electrons. The quantitative estimate of drug-likeness (QED) is 0.341. The molecule has 0 amide bonds. The van der Waals surface area contributed by atoms with E-state index in [1.54, 1.807) is 14.2 Å². The van der Waals surface area contributed by atoms with Crippen LogP contribution in [0.15, 0.2) is 24.3 Å². The van der Waals surface area contributed by atoms with Crippen molar-refractivity contribution in [3.63, 3.8) is 0 Å². The summed E-state index contributed by atoms with van der Waals surface area (Å²) in [6.45, 7) is 6.47. The highest BCUT2D eigenvalue weighted by Gasteiger charge is 2.27. The van der Waals surface area contributed by atoms with E-state index in [1.807, 2.05) is 13.8 Å². The highest BCUT2D eigenvalue weighted by atomic mass is 16.6. The number of esters is 1. The van der Waals surface area contributed by atoms with Crippen LogP contribution in [0.25, 0.3) is 0 Å². The van der Waals surface area contributed by atoms with E-state index in [9.17, 15) is 14.9 Å². The van der Waals surface area contributed by atoms with E-state index in [-0.39, 0.29) is 17.9 Å². The monoisotopic (exact) mass is 354 g/mol. The molecule has 0 aliphatic rings. The molecule has 0 fully saturated rings. The van der Waals surface area contributed by atoms with Gasteiger partial charge >= 0.3 is 5.97 Å². The van der Waals surface area contributed by atoms with Crippen LogP contribution in [0.3, 0.4) is 0 Å². The highest BCUT2D eigenvalue weighted by molar-refractivity contribution is 5.89. The van der Waals surface area contributed by atoms with Gasteiger partial charge in [-0.1, -0.05) is 13.8 Å². The van der Waals surface area contributed by atoms with Gasteiger partial charge in [0, 0.05) is 32.9 Å². The van der Waals surface area contributed by atoms with Gasteiger partial charge in [0.05, 0.1) is 17.1 Å². The van der Waals surface area contributed by atoms with Crippen LogP contribution >= 0.6 is 0 Å². The summed E-state index contributed by atoms with van der Waals surface area (Å²) in [4.78, 5) is 24.7. The number of hydrogen-bond acceptors (Lipinski definition) is 7. The van der Waals surface area contributed by atoms with E-state index in [2.05, 4.69) is 4.90 Å². The van der Waals surface area contributed by atoms with E-state index in [0.717, 1.165) is 13.1 Å². The van der Waals surface area contributed by atoms with Gasteiger partial charge in [-0.15, -0.1) is 0 Å². The van der Waals surface area contributed by atoms with Crippen LogP contribution in [0.4, 0.5) is 5.69 Å². The van der Waals surface area contributed by atoms with Crippen LogP contribution in [0.2, 0.25) is 0 Å². The Morgan fingerprint density at radius 1 is 1.16 bits per heavy atom. The molecule has 0 aliphatic heterocycles. The molecule has 2 atom stereocenters. The lowest BCUT2D eigenvalue weighted by Crippen LogP contribution is -2.44. The van der Waals surface area contributed by atoms with Gasteiger partial charge in [0.25, 0.3) is 5.69 Å². The van der Waals surface area contributed by atoms with Crippen molar-refractivity contribution < 1.29 is 23.9 Å². The van der Waals surface area contributed by atoms with Crippen LogP contribution < -0.4 is 0 Å². The molecule has 0 N–H and O–H groups in total. The van der Waals surface area contributed by atoms with E-state index in [4.69, 9.17) is 14.2 Å². The topological polar surface area (TPSA) is 91.1 Å². The Labute approximate surface area is 147 Å². The molecule has 8 heteroatoms. The maximum absolute atomic E-state index is 12.4.